The van der Waals surface area contributed by atoms with Crippen molar-refractivity contribution >= 4 is 45.5 Å². The number of aromatic amines is 3. The fourth-order valence-electron chi connectivity index (χ4n) is 0.403. The minimum atomic E-state index is -0.802. The van der Waals surface area contributed by atoms with Gasteiger partial charge >= 0.3 is 62.6 Å². The van der Waals surface area contributed by atoms with Gasteiger partial charge in [0.15, 0.2) is 0 Å². The van der Waals surface area contributed by atoms with Crippen LogP contribution < -0.4 is 17.1 Å². The summed E-state index contributed by atoms with van der Waals surface area (Å²) in [5.74, 6) is 0. The van der Waals surface area contributed by atoms with Gasteiger partial charge in [-0.3, -0.25) is 15.0 Å². The Kier molecular flexibility index (Phi) is 6.71. The molecule has 0 unspecified atom stereocenters. The summed E-state index contributed by atoms with van der Waals surface area (Å²) in [6.07, 6.45) is 0. The quantitative estimate of drug-likeness (QED) is 0.397. The maximum absolute atomic E-state index is 10.2. The Bertz CT molecular complexity index is 283. The molecule has 1 heterocycles. The van der Waals surface area contributed by atoms with Crippen LogP contribution in [0, 0.1) is 0 Å². The molecule has 5 N–H and O–H groups in total. The van der Waals surface area contributed by atoms with E-state index >= 15 is 0 Å². The summed E-state index contributed by atoms with van der Waals surface area (Å²) in [5.41, 5.74) is -2.41. The summed E-state index contributed by atoms with van der Waals surface area (Å²) in [6, 6.07) is 0. The van der Waals surface area contributed by atoms with Crippen molar-refractivity contribution in [1.82, 2.24) is 15.0 Å². The molecule has 7 nitrogen and oxygen atoms in total. The van der Waals surface area contributed by atoms with E-state index in [0.717, 1.165) is 0 Å². The van der Waals surface area contributed by atoms with Gasteiger partial charge in [-0.05, 0) is 0 Å². The summed E-state index contributed by atoms with van der Waals surface area (Å²) in [4.78, 5) is 35.9. The molecule has 60 valence electrons. The molecule has 0 amide bonds. The Balaban J connectivity index is 0. The van der Waals surface area contributed by atoms with E-state index in [1.54, 1.807) is 15.0 Å². The van der Waals surface area contributed by atoms with Crippen molar-refractivity contribution in [1.29, 1.82) is 0 Å². The number of hydrogen-bond donors (Lipinski definition) is 3. The molecule has 8 heteroatoms. The van der Waals surface area contributed by atoms with Gasteiger partial charge in [0.2, 0.25) is 0 Å². The van der Waals surface area contributed by atoms with Gasteiger partial charge in [-0.15, -0.1) is 0 Å². The molecule has 1 aromatic rings. The van der Waals surface area contributed by atoms with Crippen molar-refractivity contribution in [3.63, 3.8) is 0 Å². The molecular formula is C3H7N3O4Sr. The first kappa shape index (κ1) is 13.4. The molecule has 0 aliphatic heterocycles. The van der Waals surface area contributed by atoms with Crippen molar-refractivity contribution in [3.8, 4) is 0 Å². The van der Waals surface area contributed by atoms with Crippen LogP contribution in [-0.4, -0.2) is 65.9 Å². The van der Waals surface area contributed by atoms with Crippen LogP contribution in [-0.2, 0) is 0 Å². The van der Waals surface area contributed by atoms with E-state index in [4.69, 9.17) is 0 Å². The Hall–Kier alpha value is -0.149. The first-order chi connectivity index (χ1) is 4.18. The molecule has 0 aliphatic carbocycles. The van der Waals surface area contributed by atoms with Crippen LogP contribution in [0.3, 0.4) is 0 Å². The third kappa shape index (κ3) is 4.32. The van der Waals surface area contributed by atoms with E-state index < -0.39 is 17.1 Å². The van der Waals surface area contributed by atoms with Gasteiger partial charge in [0.25, 0.3) is 0 Å². The Labute approximate surface area is 96.4 Å². The van der Waals surface area contributed by atoms with E-state index in [-0.39, 0.29) is 51.0 Å². The minimum absolute atomic E-state index is 0. The first-order valence-electron chi connectivity index (χ1n) is 2.11. The van der Waals surface area contributed by atoms with E-state index in [9.17, 15) is 14.4 Å². The number of hydrogen-bond acceptors (Lipinski definition) is 3. The van der Waals surface area contributed by atoms with Gasteiger partial charge in [0.05, 0.1) is 0 Å². The average molecular weight is 237 g/mol. The predicted octanol–water partition coefficient (Wildman–Crippen LogP) is -3.99. The zero-order valence-electron chi connectivity index (χ0n) is 4.72. The normalized spacial score (nSPS) is 7.64. The van der Waals surface area contributed by atoms with Crippen LogP contribution in [0.1, 0.15) is 0 Å². The molecule has 0 saturated heterocycles. The van der Waals surface area contributed by atoms with Gasteiger partial charge in [-0.1, -0.05) is 0 Å². The van der Waals surface area contributed by atoms with Crippen LogP contribution >= 0.6 is 0 Å². The fraction of sp³-hybridized carbons (Fsp3) is 0. The number of nitrogens with one attached hydrogen (secondary N) is 3. The third-order valence-electron chi connectivity index (χ3n) is 0.681. The van der Waals surface area contributed by atoms with E-state index in [1.807, 2.05) is 0 Å². The molecule has 0 aliphatic rings. The first-order valence-corrected chi connectivity index (χ1v) is 2.11. The summed E-state index contributed by atoms with van der Waals surface area (Å²) in [7, 11) is 0. The van der Waals surface area contributed by atoms with Gasteiger partial charge in [-0.2, -0.15) is 0 Å². The van der Waals surface area contributed by atoms with Crippen LogP contribution in [0.15, 0.2) is 14.4 Å². The topological polar surface area (TPSA) is 130 Å². The van der Waals surface area contributed by atoms with Crippen LogP contribution in [0.25, 0.3) is 0 Å². The molecular weight excluding hydrogens is 230 g/mol. The Morgan fingerprint density at radius 1 is 0.727 bits per heavy atom. The second kappa shape index (κ2) is 5.49. The zero-order chi connectivity index (χ0) is 6.85. The average Bonchev–Trinajstić information content (AvgIpc) is 1.59. The molecule has 0 radical (unpaired) electrons. The molecule has 11 heavy (non-hydrogen) atoms. The zero-order valence-corrected chi connectivity index (χ0v) is 4.72. The molecule has 1 aromatic heterocycles. The van der Waals surface area contributed by atoms with Gasteiger partial charge < -0.3 is 5.48 Å². The van der Waals surface area contributed by atoms with E-state index in [1.165, 1.54) is 0 Å². The van der Waals surface area contributed by atoms with Crippen molar-refractivity contribution in [2.24, 2.45) is 0 Å². The third-order valence-corrected chi connectivity index (χ3v) is 0.681. The number of aromatic nitrogens is 3. The second-order valence-corrected chi connectivity index (χ2v) is 1.36. The maximum atomic E-state index is 10.2. The summed E-state index contributed by atoms with van der Waals surface area (Å²) < 4.78 is 0. The summed E-state index contributed by atoms with van der Waals surface area (Å²) in [5, 5.41) is 0. The number of H-pyrrole nitrogens is 3. The van der Waals surface area contributed by atoms with E-state index in [0.29, 0.717) is 0 Å². The molecule has 0 bridgehead atoms. The van der Waals surface area contributed by atoms with Gasteiger partial charge in [-0.25, -0.2) is 14.4 Å². The summed E-state index contributed by atoms with van der Waals surface area (Å²) >= 11 is 0. The van der Waals surface area contributed by atoms with Crippen molar-refractivity contribution in [3.05, 3.63) is 31.5 Å². The molecule has 0 spiro atoms. The number of rotatable bonds is 0. The summed E-state index contributed by atoms with van der Waals surface area (Å²) in [6.45, 7) is 0. The van der Waals surface area contributed by atoms with Gasteiger partial charge in [0.1, 0.15) is 0 Å². The Morgan fingerprint density at radius 3 is 1.09 bits per heavy atom. The SMILES string of the molecule is O.O=c1[nH]c(=O)[nH]c(=O)[nH]1.[SrH2]. The van der Waals surface area contributed by atoms with Crippen LogP contribution in [0.4, 0.5) is 0 Å². The van der Waals surface area contributed by atoms with Crippen LogP contribution in [0.5, 0.6) is 0 Å². The fourth-order valence-corrected chi connectivity index (χ4v) is 0.403. The molecule has 0 atom stereocenters. The standard InChI is InChI=1S/C3H3N3O3.H2O.Sr.2H/c7-1-4-2(8)6-3(9)5-1;;;;/h(H3,4,5,6,7,8,9);1H2;;;. The molecule has 0 fully saturated rings. The van der Waals surface area contributed by atoms with E-state index in [2.05, 4.69) is 0 Å². The van der Waals surface area contributed by atoms with Gasteiger partial charge in [0, 0.05) is 0 Å². The molecule has 0 aromatic carbocycles. The van der Waals surface area contributed by atoms with Crippen molar-refractivity contribution in [2.75, 3.05) is 0 Å². The second-order valence-electron chi connectivity index (χ2n) is 1.36. The Morgan fingerprint density at radius 2 is 0.909 bits per heavy atom. The predicted molar refractivity (Wildman–Crippen MR) is 40.5 cm³/mol. The molecule has 1 rings (SSSR count). The molecule has 0 saturated carbocycles. The van der Waals surface area contributed by atoms with Crippen molar-refractivity contribution < 1.29 is 5.48 Å². The monoisotopic (exact) mass is 237 g/mol. The van der Waals surface area contributed by atoms with Crippen molar-refractivity contribution in [2.45, 2.75) is 0 Å². The van der Waals surface area contributed by atoms with Crippen LogP contribution in [0.2, 0.25) is 0 Å².